The molecule has 0 aliphatic heterocycles. The quantitative estimate of drug-likeness (QED) is 0.683. The average Bonchev–Trinajstić information content (AvgIpc) is 2.43. The normalized spacial score (nSPS) is 31.5. The average molecular weight is 210 g/mol. The van der Waals surface area contributed by atoms with E-state index < -0.39 is 0 Å². The summed E-state index contributed by atoms with van der Waals surface area (Å²) in [4.78, 5) is 11.9. The predicted octanol–water partition coefficient (Wildman–Crippen LogP) is 4.06. The Morgan fingerprint density at radius 1 is 1.40 bits per heavy atom. The van der Waals surface area contributed by atoms with Crippen molar-refractivity contribution in [3.63, 3.8) is 0 Å². The van der Waals surface area contributed by atoms with E-state index in [9.17, 15) is 4.79 Å². The maximum absolute atomic E-state index is 11.9. The van der Waals surface area contributed by atoms with Gasteiger partial charge in [0.05, 0.1) is 0 Å². The highest BCUT2D eigenvalue weighted by molar-refractivity contribution is 5.80. The van der Waals surface area contributed by atoms with Crippen LogP contribution in [0, 0.1) is 23.2 Å². The minimum absolute atomic E-state index is 0.261. The molecule has 3 atom stereocenters. The number of rotatable bonds is 4. The first-order valence-corrected chi connectivity index (χ1v) is 6.42. The molecule has 0 aromatic carbocycles. The van der Waals surface area contributed by atoms with Gasteiger partial charge in [-0.05, 0) is 36.5 Å². The van der Waals surface area contributed by atoms with E-state index in [0.29, 0.717) is 17.1 Å². The third-order valence-corrected chi connectivity index (χ3v) is 4.88. The number of carbonyl (C=O) groups is 1. The Morgan fingerprint density at radius 2 is 2.00 bits per heavy atom. The van der Waals surface area contributed by atoms with Crippen LogP contribution >= 0.6 is 0 Å². The fraction of sp³-hybridized carbons (Fsp3) is 0.929. The van der Waals surface area contributed by atoms with Gasteiger partial charge >= 0.3 is 0 Å². The summed E-state index contributed by atoms with van der Waals surface area (Å²) in [6, 6.07) is 0. The number of hydrogen-bond donors (Lipinski definition) is 0. The van der Waals surface area contributed by atoms with Gasteiger partial charge in [-0.15, -0.1) is 0 Å². The van der Waals surface area contributed by atoms with E-state index in [1.54, 1.807) is 0 Å². The molecular weight excluding hydrogens is 184 g/mol. The maximum Gasteiger partial charge on any atom is 0.135 e. The van der Waals surface area contributed by atoms with Crippen molar-refractivity contribution < 1.29 is 4.79 Å². The van der Waals surface area contributed by atoms with Crippen LogP contribution in [0.1, 0.15) is 60.3 Å². The van der Waals surface area contributed by atoms with E-state index in [4.69, 9.17) is 0 Å². The Morgan fingerprint density at radius 3 is 2.40 bits per heavy atom. The number of ketones is 1. The molecule has 0 aromatic rings. The topological polar surface area (TPSA) is 17.1 Å². The molecule has 0 spiro atoms. The summed E-state index contributed by atoms with van der Waals surface area (Å²) in [5, 5.41) is 0. The van der Waals surface area contributed by atoms with E-state index in [0.717, 1.165) is 18.8 Å². The smallest absolute Gasteiger partial charge is 0.135 e. The molecule has 0 heterocycles. The van der Waals surface area contributed by atoms with Gasteiger partial charge in [0.1, 0.15) is 5.78 Å². The fourth-order valence-electron chi connectivity index (χ4n) is 2.63. The highest BCUT2D eigenvalue weighted by Gasteiger charge is 2.41. The summed E-state index contributed by atoms with van der Waals surface area (Å²) in [6.45, 7) is 11.2. The lowest BCUT2D eigenvalue weighted by Crippen LogP contribution is -2.26. The number of Topliss-reactive ketones (excluding diaryl/α,β-unsaturated/α-hetero) is 1. The minimum Gasteiger partial charge on any atom is -0.299 e. The van der Waals surface area contributed by atoms with Crippen molar-refractivity contribution in [2.45, 2.75) is 60.3 Å². The van der Waals surface area contributed by atoms with Crippen molar-refractivity contribution in [3.8, 4) is 0 Å². The van der Waals surface area contributed by atoms with Crippen LogP contribution in [-0.4, -0.2) is 5.78 Å². The molecule has 0 aromatic heterocycles. The molecule has 88 valence electrons. The van der Waals surface area contributed by atoms with E-state index >= 15 is 0 Å². The van der Waals surface area contributed by atoms with Gasteiger partial charge in [-0.1, -0.05) is 34.6 Å². The molecule has 15 heavy (non-hydrogen) atoms. The van der Waals surface area contributed by atoms with Crippen molar-refractivity contribution >= 4 is 5.78 Å². The Hall–Kier alpha value is -0.330. The second-order valence-corrected chi connectivity index (χ2v) is 5.98. The highest BCUT2D eigenvalue weighted by atomic mass is 16.1. The Bertz CT molecular complexity index is 229. The highest BCUT2D eigenvalue weighted by Crippen LogP contribution is 2.48. The third kappa shape index (κ3) is 2.62. The first-order valence-electron chi connectivity index (χ1n) is 6.42. The van der Waals surface area contributed by atoms with Crippen LogP contribution in [0.4, 0.5) is 0 Å². The molecule has 1 rings (SSSR count). The molecule has 0 N–H and O–H groups in total. The molecule has 1 nitrogen and oxygen atoms in total. The maximum atomic E-state index is 11.9. The second kappa shape index (κ2) is 4.67. The predicted molar refractivity (Wildman–Crippen MR) is 64.7 cm³/mol. The van der Waals surface area contributed by atoms with Crippen molar-refractivity contribution in [1.29, 1.82) is 0 Å². The van der Waals surface area contributed by atoms with Crippen LogP contribution in [0.5, 0.6) is 0 Å². The fourth-order valence-corrected chi connectivity index (χ4v) is 2.63. The van der Waals surface area contributed by atoms with Gasteiger partial charge in [0, 0.05) is 12.3 Å². The summed E-state index contributed by atoms with van der Waals surface area (Å²) in [7, 11) is 0. The second-order valence-electron chi connectivity index (χ2n) is 5.98. The van der Waals surface area contributed by atoms with Gasteiger partial charge in [-0.2, -0.15) is 0 Å². The zero-order valence-corrected chi connectivity index (χ0v) is 11.0. The first kappa shape index (κ1) is 12.7. The molecule has 0 radical (unpaired) electrons. The van der Waals surface area contributed by atoms with Crippen molar-refractivity contribution in [3.05, 3.63) is 0 Å². The zero-order valence-electron chi connectivity index (χ0n) is 11.0. The lowest BCUT2D eigenvalue weighted by molar-refractivity contribution is -0.124. The van der Waals surface area contributed by atoms with E-state index in [1.807, 2.05) is 0 Å². The lowest BCUT2D eigenvalue weighted by atomic mass is 9.73. The van der Waals surface area contributed by atoms with Crippen molar-refractivity contribution in [2.75, 3.05) is 0 Å². The molecule has 2 unspecified atom stereocenters. The van der Waals surface area contributed by atoms with Crippen molar-refractivity contribution in [1.82, 2.24) is 0 Å². The van der Waals surface area contributed by atoms with Crippen LogP contribution in [-0.2, 0) is 4.79 Å². The Labute approximate surface area is 94.6 Å². The SMILES string of the molecule is CCC(C)C(=O)C[C@@H]1CCC(C)C1(C)C. The summed E-state index contributed by atoms with van der Waals surface area (Å²) in [5.41, 5.74) is 0.364. The first-order chi connectivity index (χ1) is 6.89. The third-order valence-electron chi connectivity index (χ3n) is 4.88. The monoisotopic (exact) mass is 210 g/mol. The molecule has 0 saturated heterocycles. The lowest BCUT2D eigenvalue weighted by Gasteiger charge is -2.31. The van der Waals surface area contributed by atoms with E-state index in [2.05, 4.69) is 34.6 Å². The van der Waals surface area contributed by atoms with E-state index in [1.165, 1.54) is 12.8 Å². The molecule has 1 aliphatic rings. The molecule has 1 aliphatic carbocycles. The van der Waals surface area contributed by atoms with Gasteiger partial charge in [-0.3, -0.25) is 4.79 Å². The summed E-state index contributed by atoms with van der Waals surface area (Å²) in [5.74, 6) is 2.13. The van der Waals surface area contributed by atoms with Crippen LogP contribution in [0.25, 0.3) is 0 Å². The Balaban J connectivity index is 2.56. The molecular formula is C14H26O. The van der Waals surface area contributed by atoms with Gasteiger partial charge in [0.2, 0.25) is 0 Å². The molecule has 0 amide bonds. The largest absolute Gasteiger partial charge is 0.299 e. The van der Waals surface area contributed by atoms with Crippen LogP contribution in [0.15, 0.2) is 0 Å². The van der Waals surface area contributed by atoms with Crippen LogP contribution in [0.2, 0.25) is 0 Å². The summed E-state index contributed by atoms with van der Waals surface area (Å²) >= 11 is 0. The number of carbonyl (C=O) groups excluding carboxylic acids is 1. The standard InChI is InChI=1S/C14H26O/c1-6-10(2)13(15)9-12-8-7-11(3)14(12,4)5/h10-12H,6-9H2,1-5H3/t10?,11?,12-/m0/s1. The molecule has 1 saturated carbocycles. The molecule has 0 bridgehead atoms. The van der Waals surface area contributed by atoms with Gasteiger partial charge in [0.15, 0.2) is 0 Å². The Kier molecular flexibility index (Phi) is 3.97. The molecule has 1 fully saturated rings. The van der Waals surface area contributed by atoms with Crippen LogP contribution in [0.3, 0.4) is 0 Å². The van der Waals surface area contributed by atoms with Gasteiger partial charge in [0.25, 0.3) is 0 Å². The van der Waals surface area contributed by atoms with Gasteiger partial charge < -0.3 is 0 Å². The van der Waals surface area contributed by atoms with Crippen LogP contribution < -0.4 is 0 Å². The van der Waals surface area contributed by atoms with Gasteiger partial charge in [-0.25, -0.2) is 0 Å². The van der Waals surface area contributed by atoms with E-state index in [-0.39, 0.29) is 5.92 Å². The minimum atomic E-state index is 0.261. The molecule has 1 heteroatoms. The summed E-state index contributed by atoms with van der Waals surface area (Å²) in [6.07, 6.45) is 4.34. The van der Waals surface area contributed by atoms with Crippen molar-refractivity contribution in [2.24, 2.45) is 23.2 Å². The summed E-state index contributed by atoms with van der Waals surface area (Å²) < 4.78 is 0. The number of hydrogen-bond acceptors (Lipinski definition) is 1. The zero-order chi connectivity index (χ0) is 11.6.